The summed E-state index contributed by atoms with van der Waals surface area (Å²) < 4.78 is 38.5. The van der Waals surface area contributed by atoms with Gasteiger partial charge in [0.1, 0.15) is 0 Å². The highest BCUT2D eigenvalue weighted by atomic mass is 19.4. The lowest BCUT2D eigenvalue weighted by Crippen LogP contribution is -2.48. The van der Waals surface area contributed by atoms with E-state index in [4.69, 9.17) is 0 Å². The highest BCUT2D eigenvalue weighted by Gasteiger charge is 2.30. The first-order chi connectivity index (χ1) is 20.2. The fourth-order valence-corrected chi connectivity index (χ4v) is 6.21. The second-order valence-electron chi connectivity index (χ2n) is 11.8. The van der Waals surface area contributed by atoms with Crippen LogP contribution in [0.1, 0.15) is 57.1 Å². The van der Waals surface area contributed by atoms with Crippen LogP contribution in [0.4, 0.5) is 13.2 Å². The van der Waals surface area contributed by atoms with E-state index in [1.807, 2.05) is 23.1 Å². The lowest BCUT2D eigenvalue weighted by atomic mass is 9.93. The van der Waals surface area contributed by atoms with E-state index in [-0.39, 0.29) is 5.91 Å². The van der Waals surface area contributed by atoms with Gasteiger partial charge >= 0.3 is 6.18 Å². The van der Waals surface area contributed by atoms with Crippen molar-refractivity contribution in [3.05, 3.63) is 106 Å². The smallest absolute Gasteiger partial charge is 0.358 e. The van der Waals surface area contributed by atoms with Crippen molar-refractivity contribution in [2.24, 2.45) is 0 Å². The lowest BCUT2D eigenvalue weighted by Gasteiger charge is -2.34. The first kappa shape index (κ1) is 28.5. The van der Waals surface area contributed by atoms with E-state index in [1.54, 1.807) is 0 Å². The lowest BCUT2D eigenvalue weighted by molar-refractivity contribution is -0.137. The number of carbonyl (C=O) groups is 1. The molecule has 2 saturated heterocycles. The number of piperidine rings is 1. The third kappa shape index (κ3) is 6.55. The molecule has 8 heteroatoms. The number of likely N-dealkylation sites (tertiary alicyclic amines) is 1. The first-order valence-electron chi connectivity index (χ1n) is 14.8. The Hall–Kier alpha value is -3.62. The summed E-state index contributed by atoms with van der Waals surface area (Å²) in [7, 11) is 0. The molecule has 220 valence electrons. The van der Waals surface area contributed by atoms with Crippen LogP contribution in [0.5, 0.6) is 0 Å². The molecule has 42 heavy (non-hydrogen) atoms. The number of aromatic nitrogens is 1. The van der Waals surface area contributed by atoms with Crippen LogP contribution in [0, 0.1) is 6.92 Å². The molecular weight excluding hydrogens is 537 g/mol. The molecule has 2 aliphatic heterocycles. The van der Waals surface area contributed by atoms with E-state index in [9.17, 15) is 18.0 Å². The molecule has 2 aliphatic rings. The Kier molecular flexibility index (Phi) is 8.10. The number of hydrogen-bond donors (Lipinski definition) is 1. The van der Waals surface area contributed by atoms with Gasteiger partial charge < -0.3 is 9.88 Å². The van der Waals surface area contributed by atoms with Gasteiger partial charge in [-0.25, -0.2) is 0 Å². The molecule has 3 aromatic carbocycles. The molecule has 0 radical (unpaired) electrons. The van der Waals surface area contributed by atoms with Crippen molar-refractivity contribution < 1.29 is 18.0 Å². The van der Waals surface area contributed by atoms with E-state index < -0.39 is 11.7 Å². The highest BCUT2D eigenvalue weighted by molar-refractivity contribution is 5.98. The molecule has 0 spiro atoms. The minimum atomic E-state index is -4.32. The number of benzene rings is 3. The number of alkyl halides is 3. The molecule has 0 saturated carbocycles. The topological polar surface area (TPSA) is 42.6 Å². The number of nitrogens with one attached hydrogen (secondary N) is 1. The van der Waals surface area contributed by atoms with Gasteiger partial charge in [0.15, 0.2) is 0 Å². The van der Waals surface area contributed by atoms with E-state index in [0.29, 0.717) is 44.2 Å². The number of rotatable bonds is 6. The van der Waals surface area contributed by atoms with Crippen molar-refractivity contribution in [3.8, 4) is 0 Å². The zero-order valence-electron chi connectivity index (χ0n) is 24.0. The van der Waals surface area contributed by atoms with Crippen molar-refractivity contribution in [1.29, 1.82) is 0 Å². The predicted octanol–water partition coefficient (Wildman–Crippen LogP) is 6.83. The number of carbonyl (C=O) groups excluding carboxylic acids is 1. The zero-order chi connectivity index (χ0) is 29.3. The van der Waals surface area contributed by atoms with Gasteiger partial charge in [0.2, 0.25) is 0 Å². The number of fused-ring (bicyclic) bond motifs is 1. The second kappa shape index (κ2) is 11.9. The van der Waals surface area contributed by atoms with E-state index in [2.05, 4.69) is 52.0 Å². The summed E-state index contributed by atoms with van der Waals surface area (Å²) in [5.74, 6) is 0.516. The molecule has 1 aromatic heterocycles. The van der Waals surface area contributed by atoms with Crippen molar-refractivity contribution in [3.63, 3.8) is 0 Å². The van der Waals surface area contributed by atoms with Gasteiger partial charge in [-0.1, -0.05) is 42.0 Å². The maximum Gasteiger partial charge on any atom is 0.416 e. The molecule has 3 heterocycles. The van der Waals surface area contributed by atoms with Crippen LogP contribution in [0.15, 0.2) is 72.8 Å². The maximum absolute atomic E-state index is 13.3. The standard InChI is InChI=1S/C34H37F3N4O/c1-24-2-4-25(5-3-24)22-39-14-12-27(13-15-39)32-21-29-20-28(8-11-31(29)38-32)33(42)41-18-16-40(17-19-41)23-26-6-9-30(10-7-26)34(35,36)37/h2-11,20-21,27,38H,12-19,22-23H2,1H3. The molecule has 0 bridgehead atoms. The number of nitrogens with zero attached hydrogens (tertiary/aromatic N) is 3. The fourth-order valence-electron chi connectivity index (χ4n) is 6.21. The summed E-state index contributed by atoms with van der Waals surface area (Å²) in [5, 5.41) is 1.07. The second-order valence-corrected chi connectivity index (χ2v) is 11.8. The summed E-state index contributed by atoms with van der Waals surface area (Å²) in [4.78, 5) is 23.5. The minimum Gasteiger partial charge on any atom is -0.358 e. The molecule has 6 rings (SSSR count). The summed E-state index contributed by atoms with van der Waals surface area (Å²) in [6, 6.07) is 22.3. The molecule has 2 fully saturated rings. The van der Waals surface area contributed by atoms with Gasteiger partial charge in [-0.2, -0.15) is 13.2 Å². The summed E-state index contributed by atoms with van der Waals surface area (Å²) >= 11 is 0. The summed E-state index contributed by atoms with van der Waals surface area (Å²) in [5.41, 5.74) is 5.87. The number of aromatic amines is 1. The molecule has 1 amide bonds. The Bertz CT molecular complexity index is 1510. The Morgan fingerprint density at radius 1 is 0.786 bits per heavy atom. The Balaban J connectivity index is 1.02. The van der Waals surface area contributed by atoms with Crippen molar-refractivity contribution >= 4 is 16.8 Å². The molecule has 0 unspecified atom stereocenters. The van der Waals surface area contributed by atoms with E-state index >= 15 is 0 Å². The van der Waals surface area contributed by atoms with Gasteiger partial charge in [0.25, 0.3) is 5.91 Å². The highest BCUT2D eigenvalue weighted by Crippen LogP contribution is 2.32. The fraction of sp³-hybridized carbons (Fsp3) is 0.382. The number of H-pyrrole nitrogens is 1. The quantitative estimate of drug-likeness (QED) is 0.275. The van der Waals surface area contributed by atoms with Crippen molar-refractivity contribution in [1.82, 2.24) is 19.7 Å². The summed E-state index contributed by atoms with van der Waals surface area (Å²) in [6.45, 7) is 8.39. The first-order valence-corrected chi connectivity index (χ1v) is 14.8. The number of halogens is 3. The average Bonchev–Trinajstić information content (AvgIpc) is 3.42. The molecular formula is C34H37F3N4O. The van der Waals surface area contributed by atoms with Crippen LogP contribution in [0.2, 0.25) is 0 Å². The van der Waals surface area contributed by atoms with E-state index in [0.717, 1.165) is 61.1 Å². The third-order valence-electron chi connectivity index (χ3n) is 8.79. The maximum atomic E-state index is 13.3. The van der Waals surface area contributed by atoms with Crippen LogP contribution >= 0.6 is 0 Å². The minimum absolute atomic E-state index is 0.0262. The largest absolute Gasteiger partial charge is 0.416 e. The van der Waals surface area contributed by atoms with Gasteiger partial charge in [-0.3, -0.25) is 14.6 Å². The Morgan fingerprint density at radius 3 is 2.00 bits per heavy atom. The van der Waals surface area contributed by atoms with Crippen LogP contribution in [0.3, 0.4) is 0 Å². The SMILES string of the molecule is Cc1ccc(CN2CCC(c3cc4cc(C(=O)N5CCN(Cc6ccc(C(F)(F)F)cc6)CC5)ccc4[nH]3)CC2)cc1. The van der Waals surface area contributed by atoms with Gasteiger partial charge in [0, 0.05) is 67.3 Å². The Morgan fingerprint density at radius 2 is 1.38 bits per heavy atom. The molecule has 0 atom stereocenters. The third-order valence-corrected chi connectivity index (χ3v) is 8.79. The van der Waals surface area contributed by atoms with Crippen molar-refractivity contribution in [2.75, 3.05) is 39.3 Å². The molecule has 4 aromatic rings. The van der Waals surface area contributed by atoms with Crippen LogP contribution in [-0.2, 0) is 19.3 Å². The monoisotopic (exact) mass is 574 g/mol. The zero-order valence-corrected chi connectivity index (χ0v) is 24.0. The van der Waals surface area contributed by atoms with Gasteiger partial charge in [-0.15, -0.1) is 0 Å². The van der Waals surface area contributed by atoms with Crippen LogP contribution in [-0.4, -0.2) is 64.9 Å². The molecule has 0 aliphatic carbocycles. The van der Waals surface area contributed by atoms with Crippen molar-refractivity contribution in [2.45, 2.75) is 44.9 Å². The normalized spacial score (nSPS) is 17.7. The molecule has 1 N–H and O–H groups in total. The molecule has 5 nitrogen and oxygen atoms in total. The average molecular weight is 575 g/mol. The van der Waals surface area contributed by atoms with Crippen LogP contribution in [0.25, 0.3) is 10.9 Å². The summed E-state index contributed by atoms with van der Waals surface area (Å²) in [6.07, 6.45) is -2.10. The number of amides is 1. The predicted molar refractivity (Wildman–Crippen MR) is 159 cm³/mol. The van der Waals surface area contributed by atoms with Gasteiger partial charge in [0.05, 0.1) is 5.56 Å². The number of piperazine rings is 1. The Labute approximate surface area is 244 Å². The van der Waals surface area contributed by atoms with Crippen LogP contribution < -0.4 is 0 Å². The van der Waals surface area contributed by atoms with Gasteiger partial charge in [-0.05, 0) is 80.4 Å². The van der Waals surface area contributed by atoms with E-state index in [1.165, 1.54) is 29.0 Å². The number of aryl methyl sites for hydroxylation is 1. The number of hydrogen-bond acceptors (Lipinski definition) is 3.